The minimum atomic E-state index is -0.868. The van der Waals surface area contributed by atoms with Gasteiger partial charge in [-0.3, -0.25) is 9.59 Å². The second-order valence-corrected chi connectivity index (χ2v) is 8.08. The molecule has 2 heterocycles. The summed E-state index contributed by atoms with van der Waals surface area (Å²) in [7, 11) is 0. The number of carbonyl (C=O) groups is 2. The highest BCUT2D eigenvalue weighted by Crippen LogP contribution is 2.39. The SMILES string of the molecule is CC(C)Oc1ccc(/C(O)=C2/C(=O)C(=O)N(CCc3ccc(F)cc3)C2c2ccco2)cc1. The molecule has 1 aromatic heterocycles. The molecule has 6 nitrogen and oxygen atoms in total. The summed E-state index contributed by atoms with van der Waals surface area (Å²) in [6.07, 6.45) is 1.86. The lowest BCUT2D eigenvalue weighted by molar-refractivity contribution is -0.140. The van der Waals surface area contributed by atoms with Crippen molar-refractivity contribution in [1.82, 2.24) is 4.90 Å². The van der Waals surface area contributed by atoms with E-state index < -0.39 is 17.7 Å². The average Bonchev–Trinajstić information content (AvgIpc) is 3.40. The van der Waals surface area contributed by atoms with Crippen molar-refractivity contribution < 1.29 is 28.2 Å². The van der Waals surface area contributed by atoms with Crippen LogP contribution in [0, 0.1) is 5.82 Å². The molecule has 4 rings (SSSR count). The van der Waals surface area contributed by atoms with E-state index >= 15 is 0 Å². The van der Waals surface area contributed by atoms with Crippen molar-refractivity contribution >= 4 is 17.4 Å². The van der Waals surface area contributed by atoms with Crippen molar-refractivity contribution in [3.8, 4) is 5.75 Å². The monoisotopic (exact) mass is 449 g/mol. The van der Waals surface area contributed by atoms with Crippen LogP contribution in [0.3, 0.4) is 0 Å². The molecule has 7 heteroatoms. The fraction of sp³-hybridized carbons (Fsp3) is 0.231. The topological polar surface area (TPSA) is 80.0 Å². The molecule has 170 valence electrons. The Balaban J connectivity index is 1.68. The van der Waals surface area contributed by atoms with Crippen LogP contribution in [0.2, 0.25) is 0 Å². The summed E-state index contributed by atoms with van der Waals surface area (Å²) in [6.45, 7) is 4.01. The van der Waals surface area contributed by atoms with Crippen LogP contribution in [0.1, 0.15) is 36.8 Å². The van der Waals surface area contributed by atoms with E-state index in [-0.39, 0.29) is 29.8 Å². The predicted molar refractivity (Wildman–Crippen MR) is 120 cm³/mol. The van der Waals surface area contributed by atoms with Crippen LogP contribution in [-0.2, 0) is 16.0 Å². The molecular formula is C26H24FNO5. The number of rotatable bonds is 7. The Morgan fingerprint density at radius 1 is 1.09 bits per heavy atom. The molecule has 1 fully saturated rings. The molecule has 1 atom stereocenters. The van der Waals surface area contributed by atoms with Gasteiger partial charge in [-0.05, 0) is 74.4 Å². The largest absolute Gasteiger partial charge is 0.507 e. The van der Waals surface area contributed by atoms with Gasteiger partial charge < -0.3 is 19.2 Å². The lowest BCUT2D eigenvalue weighted by Gasteiger charge is -2.23. The second-order valence-electron chi connectivity index (χ2n) is 8.08. The molecule has 1 unspecified atom stereocenters. The number of amides is 1. The first kappa shape index (κ1) is 22.3. The standard InChI is InChI=1S/C26H24FNO5/c1-16(2)33-20-11-7-18(8-12-20)24(29)22-23(21-4-3-15-32-21)28(26(31)25(22)30)14-13-17-5-9-19(27)10-6-17/h3-12,15-16,23,29H,13-14H2,1-2H3/b24-22-. The number of ether oxygens (including phenoxy) is 1. The van der Waals surface area contributed by atoms with Gasteiger partial charge in [-0.1, -0.05) is 12.1 Å². The Labute approximate surface area is 190 Å². The van der Waals surface area contributed by atoms with Crippen molar-refractivity contribution in [2.75, 3.05) is 6.54 Å². The van der Waals surface area contributed by atoms with E-state index in [9.17, 15) is 19.1 Å². The molecule has 1 N–H and O–H groups in total. The quantitative estimate of drug-likeness (QED) is 0.316. The summed E-state index contributed by atoms with van der Waals surface area (Å²) in [5.74, 6) is -1.14. The minimum Gasteiger partial charge on any atom is -0.507 e. The van der Waals surface area contributed by atoms with E-state index in [1.54, 1.807) is 48.5 Å². The van der Waals surface area contributed by atoms with Gasteiger partial charge in [0.05, 0.1) is 17.9 Å². The normalized spacial score (nSPS) is 17.7. The first-order valence-corrected chi connectivity index (χ1v) is 10.7. The Kier molecular flexibility index (Phi) is 6.31. The van der Waals surface area contributed by atoms with Crippen LogP contribution in [0.15, 0.2) is 76.9 Å². The van der Waals surface area contributed by atoms with Gasteiger partial charge in [-0.2, -0.15) is 0 Å². The molecule has 1 saturated heterocycles. The number of hydrogen-bond acceptors (Lipinski definition) is 5. The summed E-state index contributed by atoms with van der Waals surface area (Å²) in [4.78, 5) is 27.3. The number of Topliss-reactive ketones (excluding diaryl/α,β-unsaturated/α-hetero) is 1. The van der Waals surface area contributed by atoms with Gasteiger partial charge in [0.15, 0.2) is 0 Å². The van der Waals surface area contributed by atoms with E-state index in [4.69, 9.17) is 9.15 Å². The van der Waals surface area contributed by atoms with Crippen LogP contribution < -0.4 is 4.74 Å². The van der Waals surface area contributed by atoms with Crippen molar-refractivity contribution in [3.05, 3.63) is 95.2 Å². The maximum absolute atomic E-state index is 13.2. The van der Waals surface area contributed by atoms with Crippen LogP contribution in [-0.4, -0.2) is 34.3 Å². The highest BCUT2D eigenvalue weighted by atomic mass is 19.1. The highest BCUT2D eigenvalue weighted by Gasteiger charge is 2.47. The third kappa shape index (κ3) is 4.67. The molecule has 0 spiro atoms. The van der Waals surface area contributed by atoms with Crippen molar-refractivity contribution in [3.63, 3.8) is 0 Å². The molecule has 33 heavy (non-hydrogen) atoms. The summed E-state index contributed by atoms with van der Waals surface area (Å²) in [5.41, 5.74) is 1.17. The van der Waals surface area contributed by atoms with Gasteiger partial charge in [0.1, 0.15) is 29.1 Å². The van der Waals surface area contributed by atoms with Gasteiger partial charge in [-0.25, -0.2) is 4.39 Å². The molecule has 1 aliphatic rings. The molecular weight excluding hydrogens is 425 g/mol. The number of furan rings is 1. The van der Waals surface area contributed by atoms with Gasteiger partial charge in [0, 0.05) is 12.1 Å². The Hall–Kier alpha value is -3.87. The number of halogens is 1. The fourth-order valence-electron chi connectivity index (χ4n) is 3.87. The average molecular weight is 449 g/mol. The predicted octanol–water partition coefficient (Wildman–Crippen LogP) is 4.87. The number of likely N-dealkylation sites (tertiary alicyclic amines) is 1. The smallest absolute Gasteiger partial charge is 0.295 e. The van der Waals surface area contributed by atoms with Crippen molar-refractivity contribution in [2.45, 2.75) is 32.4 Å². The Morgan fingerprint density at radius 3 is 2.39 bits per heavy atom. The molecule has 3 aromatic rings. The minimum absolute atomic E-state index is 0.00479. The third-order valence-electron chi connectivity index (χ3n) is 5.41. The Bertz CT molecular complexity index is 1160. The number of carbonyl (C=O) groups excluding carboxylic acids is 2. The number of aliphatic hydroxyl groups excluding tert-OH is 1. The number of aliphatic hydroxyl groups is 1. The van der Waals surface area contributed by atoms with Crippen molar-refractivity contribution in [2.24, 2.45) is 0 Å². The molecule has 0 radical (unpaired) electrons. The van der Waals surface area contributed by atoms with Crippen molar-refractivity contribution in [1.29, 1.82) is 0 Å². The zero-order valence-corrected chi connectivity index (χ0v) is 18.3. The van der Waals surface area contributed by atoms with Gasteiger partial charge in [-0.15, -0.1) is 0 Å². The molecule has 2 aromatic carbocycles. The molecule has 0 saturated carbocycles. The zero-order valence-electron chi connectivity index (χ0n) is 18.3. The first-order valence-electron chi connectivity index (χ1n) is 10.7. The zero-order chi connectivity index (χ0) is 23.5. The maximum atomic E-state index is 13.2. The van der Waals surface area contributed by atoms with Gasteiger partial charge in [0.25, 0.3) is 11.7 Å². The van der Waals surface area contributed by atoms with Gasteiger partial charge in [0.2, 0.25) is 0 Å². The van der Waals surface area contributed by atoms with Crippen LogP contribution >= 0.6 is 0 Å². The van der Waals surface area contributed by atoms with E-state index in [1.807, 2.05) is 13.8 Å². The van der Waals surface area contributed by atoms with E-state index in [0.29, 0.717) is 23.5 Å². The Morgan fingerprint density at radius 2 is 1.79 bits per heavy atom. The lowest BCUT2D eigenvalue weighted by Crippen LogP contribution is -2.31. The summed E-state index contributed by atoms with van der Waals surface area (Å²) >= 11 is 0. The summed E-state index contributed by atoms with van der Waals surface area (Å²) < 4.78 is 24.4. The third-order valence-corrected chi connectivity index (χ3v) is 5.41. The number of ketones is 1. The van der Waals surface area contributed by atoms with Gasteiger partial charge >= 0.3 is 0 Å². The van der Waals surface area contributed by atoms with Crippen LogP contribution in [0.25, 0.3) is 5.76 Å². The summed E-state index contributed by atoms with van der Waals surface area (Å²) in [6, 6.07) is 15.1. The summed E-state index contributed by atoms with van der Waals surface area (Å²) in [5, 5.41) is 11.0. The fourth-order valence-corrected chi connectivity index (χ4v) is 3.87. The molecule has 1 aliphatic heterocycles. The van der Waals surface area contributed by atoms with E-state index in [0.717, 1.165) is 5.56 Å². The second kappa shape index (κ2) is 9.32. The number of nitrogens with zero attached hydrogens (tertiary/aromatic N) is 1. The molecule has 0 bridgehead atoms. The van der Waals surface area contributed by atoms with E-state index in [2.05, 4.69) is 0 Å². The lowest BCUT2D eigenvalue weighted by atomic mass is 9.99. The van der Waals surface area contributed by atoms with E-state index in [1.165, 1.54) is 23.3 Å². The van der Waals surface area contributed by atoms with Crippen LogP contribution in [0.5, 0.6) is 5.75 Å². The maximum Gasteiger partial charge on any atom is 0.295 e. The first-order chi connectivity index (χ1) is 15.8. The van der Waals surface area contributed by atoms with Crippen LogP contribution in [0.4, 0.5) is 4.39 Å². The number of hydrogen-bond donors (Lipinski definition) is 1. The molecule has 1 amide bonds. The highest BCUT2D eigenvalue weighted by molar-refractivity contribution is 6.46. The molecule has 0 aliphatic carbocycles. The number of benzene rings is 2.